The number of rotatable bonds is 10. The Morgan fingerprint density at radius 3 is 2.35 bits per heavy atom. The minimum Gasteiger partial charge on any atom is -0.508 e. The first-order valence-corrected chi connectivity index (χ1v) is 8.64. The van der Waals surface area contributed by atoms with Gasteiger partial charge in [0.2, 0.25) is 0 Å². The minimum absolute atomic E-state index is 0.0242. The maximum Gasteiger partial charge on any atom is 0.331 e. The standard InChI is InChI=1S/C21H27FO4/c1-15(5-3-7-16(2)14-22)6-4-8-17(21(25)26)9-10-18-13-19(23)11-12-20(18)24/h6-7,9,11-13,23-24H,3-5,8,10,14H2,1-2H3,(H,25,26)/b15-6+,16-7+,17-9?. The molecule has 3 N–H and O–H groups in total. The number of alkyl halides is 1. The van der Waals surface area contributed by atoms with Crippen LogP contribution in [0.2, 0.25) is 0 Å². The number of halogens is 1. The summed E-state index contributed by atoms with van der Waals surface area (Å²) in [6.07, 6.45) is 8.25. The van der Waals surface area contributed by atoms with Crippen LogP contribution in [-0.2, 0) is 11.2 Å². The second kappa shape index (κ2) is 11.1. The van der Waals surface area contributed by atoms with Gasteiger partial charge in [0.15, 0.2) is 0 Å². The van der Waals surface area contributed by atoms with E-state index in [-0.39, 0.29) is 23.5 Å². The van der Waals surface area contributed by atoms with Gasteiger partial charge in [-0.25, -0.2) is 9.18 Å². The van der Waals surface area contributed by atoms with Crippen LogP contribution in [-0.4, -0.2) is 28.0 Å². The molecule has 26 heavy (non-hydrogen) atoms. The van der Waals surface area contributed by atoms with Crippen molar-refractivity contribution in [1.82, 2.24) is 0 Å². The van der Waals surface area contributed by atoms with Crippen LogP contribution in [0.1, 0.15) is 45.1 Å². The fourth-order valence-electron chi connectivity index (χ4n) is 2.44. The smallest absolute Gasteiger partial charge is 0.331 e. The fraction of sp³-hybridized carbons (Fsp3) is 0.381. The molecule has 0 spiro atoms. The number of hydrogen-bond acceptors (Lipinski definition) is 3. The summed E-state index contributed by atoms with van der Waals surface area (Å²) in [5.41, 5.74) is 2.61. The average Bonchev–Trinajstić information content (AvgIpc) is 2.60. The minimum atomic E-state index is -0.989. The van der Waals surface area contributed by atoms with Gasteiger partial charge >= 0.3 is 5.97 Å². The zero-order valence-electron chi connectivity index (χ0n) is 15.3. The van der Waals surface area contributed by atoms with Crippen molar-refractivity contribution >= 4 is 5.97 Å². The number of aliphatic carboxylic acids is 1. The average molecular weight is 362 g/mol. The number of benzene rings is 1. The molecule has 142 valence electrons. The fourth-order valence-corrected chi connectivity index (χ4v) is 2.44. The van der Waals surface area contributed by atoms with Gasteiger partial charge in [-0.2, -0.15) is 0 Å². The van der Waals surface area contributed by atoms with Crippen LogP contribution < -0.4 is 0 Å². The number of hydrogen-bond donors (Lipinski definition) is 3. The Labute approximate surface area is 154 Å². The van der Waals surface area contributed by atoms with E-state index in [1.54, 1.807) is 13.0 Å². The highest BCUT2D eigenvalue weighted by molar-refractivity contribution is 5.86. The van der Waals surface area contributed by atoms with Crippen LogP contribution >= 0.6 is 0 Å². The number of carbonyl (C=O) groups is 1. The SMILES string of the molecule is C/C(=C\CC/C(C)=C/CCC(=CCc1cc(O)ccc1O)C(=O)O)CF. The summed E-state index contributed by atoms with van der Waals surface area (Å²) in [5, 5.41) is 28.5. The summed E-state index contributed by atoms with van der Waals surface area (Å²) >= 11 is 0. The van der Waals surface area contributed by atoms with E-state index in [2.05, 4.69) is 0 Å². The number of carboxylic acid groups (broad SMARTS) is 1. The van der Waals surface area contributed by atoms with E-state index in [9.17, 15) is 24.5 Å². The predicted molar refractivity (Wildman–Crippen MR) is 101 cm³/mol. The Morgan fingerprint density at radius 1 is 1.04 bits per heavy atom. The normalized spacial score (nSPS) is 13.1. The van der Waals surface area contributed by atoms with Gasteiger partial charge in [0, 0.05) is 11.1 Å². The summed E-state index contributed by atoms with van der Waals surface area (Å²) in [6, 6.07) is 4.17. The molecule has 0 atom stereocenters. The topological polar surface area (TPSA) is 77.8 Å². The molecule has 4 nitrogen and oxygen atoms in total. The zero-order chi connectivity index (χ0) is 19.5. The van der Waals surface area contributed by atoms with Crippen LogP contribution in [0.5, 0.6) is 11.5 Å². The van der Waals surface area contributed by atoms with E-state index in [0.717, 1.165) is 24.0 Å². The van der Waals surface area contributed by atoms with Gasteiger partial charge < -0.3 is 15.3 Å². The highest BCUT2D eigenvalue weighted by atomic mass is 19.1. The monoisotopic (exact) mass is 362 g/mol. The van der Waals surface area contributed by atoms with Crippen molar-refractivity contribution in [3.63, 3.8) is 0 Å². The van der Waals surface area contributed by atoms with Crippen molar-refractivity contribution in [2.75, 3.05) is 6.67 Å². The van der Waals surface area contributed by atoms with E-state index in [4.69, 9.17) is 0 Å². The molecule has 0 radical (unpaired) electrons. The van der Waals surface area contributed by atoms with Crippen LogP contribution in [0.25, 0.3) is 0 Å². The molecule has 5 heteroatoms. The van der Waals surface area contributed by atoms with Gasteiger partial charge in [0.05, 0.1) is 0 Å². The van der Waals surface area contributed by atoms with Crippen LogP contribution in [0.4, 0.5) is 4.39 Å². The lowest BCUT2D eigenvalue weighted by molar-refractivity contribution is -0.132. The molecule has 0 aliphatic heterocycles. The second-order valence-corrected chi connectivity index (χ2v) is 6.36. The summed E-state index contributed by atoms with van der Waals surface area (Å²) in [5.74, 6) is -0.938. The molecular formula is C21H27FO4. The number of allylic oxidation sites excluding steroid dienone is 5. The Balaban J connectivity index is 2.61. The van der Waals surface area contributed by atoms with Crippen molar-refractivity contribution in [2.24, 2.45) is 0 Å². The van der Waals surface area contributed by atoms with Gasteiger partial charge in [0.25, 0.3) is 0 Å². The molecule has 0 bridgehead atoms. The molecule has 0 saturated heterocycles. The molecule has 0 fully saturated rings. The molecule has 1 aromatic rings. The summed E-state index contributed by atoms with van der Waals surface area (Å²) in [6.45, 7) is 3.31. The van der Waals surface area contributed by atoms with Crippen molar-refractivity contribution in [3.8, 4) is 11.5 Å². The maximum atomic E-state index is 12.3. The Kier molecular flexibility index (Phi) is 9.20. The maximum absolute atomic E-state index is 12.3. The second-order valence-electron chi connectivity index (χ2n) is 6.36. The van der Waals surface area contributed by atoms with Crippen molar-refractivity contribution in [1.29, 1.82) is 0 Å². The van der Waals surface area contributed by atoms with Crippen molar-refractivity contribution < 1.29 is 24.5 Å². The summed E-state index contributed by atoms with van der Waals surface area (Å²) in [4.78, 5) is 11.4. The number of phenolic OH excluding ortho intramolecular Hbond substituents is 2. The largest absolute Gasteiger partial charge is 0.508 e. The predicted octanol–water partition coefficient (Wildman–Crippen LogP) is 5.07. The third-order valence-corrected chi connectivity index (χ3v) is 4.05. The van der Waals surface area contributed by atoms with E-state index < -0.39 is 12.6 Å². The Morgan fingerprint density at radius 2 is 1.69 bits per heavy atom. The van der Waals surface area contributed by atoms with Gasteiger partial charge in [-0.1, -0.05) is 23.8 Å². The van der Waals surface area contributed by atoms with Gasteiger partial charge in [0.1, 0.15) is 18.2 Å². The highest BCUT2D eigenvalue weighted by Gasteiger charge is 2.08. The van der Waals surface area contributed by atoms with E-state index in [0.29, 0.717) is 18.4 Å². The number of phenols is 2. The Hall–Kier alpha value is -2.56. The van der Waals surface area contributed by atoms with E-state index >= 15 is 0 Å². The first-order chi connectivity index (χ1) is 12.3. The van der Waals surface area contributed by atoms with Gasteiger partial charge in [-0.3, -0.25) is 0 Å². The van der Waals surface area contributed by atoms with Crippen LogP contribution in [0.15, 0.2) is 53.1 Å². The lowest BCUT2D eigenvalue weighted by Crippen LogP contribution is -2.01. The van der Waals surface area contributed by atoms with Gasteiger partial charge in [-0.15, -0.1) is 0 Å². The molecule has 1 aromatic carbocycles. The molecule has 1 rings (SSSR count). The zero-order valence-corrected chi connectivity index (χ0v) is 15.3. The molecule has 0 aliphatic carbocycles. The van der Waals surface area contributed by atoms with Gasteiger partial charge in [-0.05, 0) is 69.7 Å². The molecule has 0 saturated carbocycles. The molecule has 0 amide bonds. The van der Waals surface area contributed by atoms with Crippen molar-refractivity contribution in [3.05, 3.63) is 58.7 Å². The van der Waals surface area contributed by atoms with Crippen molar-refractivity contribution in [2.45, 2.75) is 46.0 Å². The first-order valence-electron chi connectivity index (χ1n) is 8.64. The first kappa shape index (κ1) is 21.5. The van der Waals surface area contributed by atoms with E-state index in [1.165, 1.54) is 18.2 Å². The van der Waals surface area contributed by atoms with Crippen LogP contribution in [0, 0.1) is 0 Å². The lowest BCUT2D eigenvalue weighted by atomic mass is 10.0. The Bertz CT molecular complexity index is 702. The molecule has 0 aliphatic rings. The summed E-state index contributed by atoms with van der Waals surface area (Å²) in [7, 11) is 0. The third-order valence-electron chi connectivity index (χ3n) is 4.05. The molecule has 0 unspecified atom stereocenters. The molecule has 0 aromatic heterocycles. The quantitative estimate of drug-likeness (QED) is 0.308. The lowest BCUT2D eigenvalue weighted by Gasteiger charge is -2.05. The van der Waals surface area contributed by atoms with Crippen LogP contribution in [0.3, 0.4) is 0 Å². The van der Waals surface area contributed by atoms with E-state index in [1.807, 2.05) is 19.1 Å². The molecular weight excluding hydrogens is 335 g/mol. The summed E-state index contributed by atoms with van der Waals surface area (Å²) < 4.78 is 12.3. The highest BCUT2D eigenvalue weighted by Crippen LogP contribution is 2.23. The number of aromatic hydroxyl groups is 2. The third kappa shape index (κ3) is 8.01. The number of carboxylic acids is 1. The molecule has 0 heterocycles.